The molecule has 8 nitrogen and oxygen atoms in total. The zero-order valence-electron chi connectivity index (χ0n) is 19.0. The van der Waals surface area contributed by atoms with Gasteiger partial charge in [0.15, 0.2) is 0 Å². The van der Waals surface area contributed by atoms with Gasteiger partial charge in [0.25, 0.3) is 5.91 Å². The number of hydrogen-bond donors (Lipinski definition) is 0. The first-order chi connectivity index (χ1) is 17.6. The molecular formula is C26H20F2N6O2. The van der Waals surface area contributed by atoms with Crippen LogP contribution in [0.5, 0.6) is 0 Å². The Morgan fingerprint density at radius 3 is 2.67 bits per heavy atom. The van der Waals surface area contributed by atoms with Crippen LogP contribution in [0.4, 0.5) is 8.78 Å². The molecule has 1 fully saturated rings. The molecule has 1 aliphatic rings. The molecule has 1 aliphatic heterocycles. The van der Waals surface area contributed by atoms with Crippen molar-refractivity contribution >= 4 is 11.6 Å². The van der Waals surface area contributed by atoms with Gasteiger partial charge in [0, 0.05) is 30.8 Å². The van der Waals surface area contributed by atoms with E-state index in [0.717, 1.165) is 24.6 Å². The van der Waals surface area contributed by atoms with Gasteiger partial charge >= 0.3 is 0 Å². The molecule has 4 aromatic heterocycles. The lowest BCUT2D eigenvalue weighted by molar-refractivity contribution is 0.0725. The smallest absolute Gasteiger partial charge is 0.273 e. The van der Waals surface area contributed by atoms with Crippen molar-refractivity contribution in [2.75, 3.05) is 6.54 Å². The second kappa shape index (κ2) is 8.95. The number of nitrogens with zero attached hydrogens (tertiary/aromatic N) is 6. The first-order valence-electron chi connectivity index (χ1n) is 11.6. The van der Waals surface area contributed by atoms with Gasteiger partial charge in [0.05, 0.1) is 6.20 Å². The molecule has 36 heavy (non-hydrogen) atoms. The van der Waals surface area contributed by atoms with Crippen molar-refractivity contribution in [1.82, 2.24) is 29.4 Å². The number of pyridine rings is 2. The van der Waals surface area contributed by atoms with Crippen molar-refractivity contribution in [2.24, 2.45) is 0 Å². The fourth-order valence-electron chi connectivity index (χ4n) is 4.62. The number of carbonyl (C=O) groups excluding carboxylic acids is 1. The maximum atomic E-state index is 14.2. The fraction of sp³-hybridized carbons (Fsp3) is 0.192. The monoisotopic (exact) mass is 486 g/mol. The highest BCUT2D eigenvalue weighted by Crippen LogP contribution is 2.30. The van der Waals surface area contributed by atoms with Crippen molar-refractivity contribution in [2.45, 2.75) is 25.3 Å². The van der Waals surface area contributed by atoms with E-state index in [2.05, 4.69) is 20.1 Å². The van der Waals surface area contributed by atoms with E-state index in [4.69, 9.17) is 4.52 Å². The molecule has 5 aromatic rings. The molecule has 0 saturated carbocycles. The number of benzene rings is 1. The van der Waals surface area contributed by atoms with Crippen LogP contribution in [0.1, 0.15) is 29.2 Å². The van der Waals surface area contributed by atoms with Crippen molar-refractivity contribution in [3.63, 3.8) is 0 Å². The number of carbonyl (C=O) groups is 1. The lowest BCUT2D eigenvalue weighted by Gasteiger charge is -2.24. The van der Waals surface area contributed by atoms with Gasteiger partial charge in [-0.15, -0.1) is 0 Å². The normalized spacial score (nSPS) is 15.6. The second-order valence-corrected chi connectivity index (χ2v) is 8.62. The summed E-state index contributed by atoms with van der Waals surface area (Å²) in [6.45, 7) is 0.542. The minimum absolute atomic E-state index is 0.185. The summed E-state index contributed by atoms with van der Waals surface area (Å²) in [7, 11) is 0. The molecule has 1 atom stereocenters. The number of amides is 1. The molecule has 0 N–H and O–H groups in total. The van der Waals surface area contributed by atoms with Crippen LogP contribution >= 0.6 is 0 Å². The second-order valence-electron chi connectivity index (χ2n) is 8.62. The molecule has 0 aliphatic carbocycles. The molecule has 0 radical (unpaired) electrons. The van der Waals surface area contributed by atoms with E-state index in [1.54, 1.807) is 11.0 Å². The number of hydrogen-bond acceptors (Lipinski definition) is 6. The Morgan fingerprint density at radius 1 is 1.03 bits per heavy atom. The molecule has 0 spiro atoms. The highest BCUT2D eigenvalue weighted by molar-refractivity contribution is 6.00. The summed E-state index contributed by atoms with van der Waals surface area (Å²) in [4.78, 5) is 28.7. The maximum absolute atomic E-state index is 14.2. The van der Waals surface area contributed by atoms with Gasteiger partial charge in [-0.05, 0) is 37.1 Å². The highest BCUT2D eigenvalue weighted by Gasteiger charge is 2.34. The summed E-state index contributed by atoms with van der Waals surface area (Å²) in [6, 6.07) is 14.8. The van der Waals surface area contributed by atoms with Gasteiger partial charge in [-0.2, -0.15) is 4.98 Å². The fourth-order valence-corrected chi connectivity index (χ4v) is 4.62. The number of halogens is 2. The lowest BCUT2D eigenvalue weighted by atomic mass is 10.1. The van der Waals surface area contributed by atoms with Gasteiger partial charge < -0.3 is 9.42 Å². The number of likely N-dealkylation sites (tertiary alicyclic amines) is 1. The number of aromatic nitrogens is 5. The zero-order chi connectivity index (χ0) is 24.6. The third-order valence-corrected chi connectivity index (χ3v) is 6.31. The summed E-state index contributed by atoms with van der Waals surface area (Å²) in [6.07, 6.45) is 4.29. The number of fused-ring (bicyclic) bond motifs is 1. The topological polar surface area (TPSA) is 89.4 Å². The number of imidazole rings is 1. The van der Waals surface area contributed by atoms with E-state index in [0.29, 0.717) is 41.6 Å². The van der Waals surface area contributed by atoms with Crippen LogP contribution in [0.3, 0.4) is 0 Å². The van der Waals surface area contributed by atoms with Crippen molar-refractivity contribution in [3.05, 3.63) is 90.2 Å². The molecule has 0 unspecified atom stereocenters. The van der Waals surface area contributed by atoms with Crippen LogP contribution in [-0.2, 0) is 6.42 Å². The molecule has 1 saturated heterocycles. The van der Waals surface area contributed by atoms with Crippen LogP contribution in [-0.4, -0.2) is 47.9 Å². The zero-order valence-corrected chi connectivity index (χ0v) is 19.0. The molecular weight excluding hydrogens is 466 g/mol. The van der Waals surface area contributed by atoms with Gasteiger partial charge in [0.1, 0.15) is 34.4 Å². The Bertz CT molecular complexity index is 1550. The first-order valence-corrected chi connectivity index (χ1v) is 11.6. The summed E-state index contributed by atoms with van der Waals surface area (Å²) in [5.41, 5.74) is 2.46. The van der Waals surface area contributed by atoms with Gasteiger partial charge in [-0.25, -0.2) is 18.7 Å². The van der Waals surface area contributed by atoms with E-state index in [-0.39, 0.29) is 17.8 Å². The van der Waals surface area contributed by atoms with E-state index in [9.17, 15) is 13.6 Å². The van der Waals surface area contributed by atoms with Crippen molar-refractivity contribution < 1.29 is 18.1 Å². The molecule has 180 valence electrons. The summed E-state index contributed by atoms with van der Waals surface area (Å²) < 4.78 is 34.3. The summed E-state index contributed by atoms with van der Waals surface area (Å²) >= 11 is 0. The van der Waals surface area contributed by atoms with Crippen LogP contribution in [0, 0.1) is 11.6 Å². The standard InChI is InChI=1S/C26H20F2N6O2/c27-17-8-10-20(29-14-17)25-31-22(36-32-25)13-19-7-4-12-33(19)26(35)24-23(16-5-2-1-3-6-16)30-21-11-9-18(28)15-34(21)24/h1-3,5-6,8-11,14-15,19H,4,7,12-13H2/t19-/m0/s1. The van der Waals surface area contributed by atoms with Crippen LogP contribution in [0.25, 0.3) is 28.4 Å². The summed E-state index contributed by atoms with van der Waals surface area (Å²) in [5.74, 6) is -0.545. The Balaban J connectivity index is 1.32. The van der Waals surface area contributed by atoms with Gasteiger partial charge in [-0.1, -0.05) is 35.5 Å². The average Bonchev–Trinajstić information content (AvgIpc) is 3.63. The van der Waals surface area contributed by atoms with E-state index in [1.807, 2.05) is 30.3 Å². The Morgan fingerprint density at radius 2 is 1.86 bits per heavy atom. The predicted octanol–water partition coefficient (Wildman–Crippen LogP) is 4.57. The third kappa shape index (κ3) is 4.00. The largest absolute Gasteiger partial charge is 0.339 e. The Hall–Kier alpha value is -4.47. The predicted molar refractivity (Wildman–Crippen MR) is 126 cm³/mol. The summed E-state index contributed by atoms with van der Waals surface area (Å²) in [5, 5.41) is 3.95. The first kappa shape index (κ1) is 22.0. The SMILES string of the molecule is O=C(c1c(-c2ccccc2)nc2ccc(F)cn12)N1CCC[C@H]1Cc1nc(-c2ccc(F)cn2)no1. The Labute approximate surface area is 204 Å². The van der Waals surface area contributed by atoms with Crippen LogP contribution in [0.15, 0.2) is 71.5 Å². The van der Waals surface area contributed by atoms with Crippen molar-refractivity contribution in [1.29, 1.82) is 0 Å². The van der Waals surface area contributed by atoms with Gasteiger partial charge in [0.2, 0.25) is 11.7 Å². The third-order valence-electron chi connectivity index (χ3n) is 6.31. The highest BCUT2D eigenvalue weighted by atomic mass is 19.1. The van der Waals surface area contributed by atoms with E-state index < -0.39 is 11.6 Å². The molecule has 6 rings (SSSR count). The minimum atomic E-state index is -0.459. The minimum Gasteiger partial charge on any atom is -0.339 e. The average molecular weight is 486 g/mol. The van der Waals surface area contributed by atoms with E-state index >= 15 is 0 Å². The van der Waals surface area contributed by atoms with E-state index in [1.165, 1.54) is 28.8 Å². The van der Waals surface area contributed by atoms with Crippen LogP contribution in [0.2, 0.25) is 0 Å². The lowest BCUT2D eigenvalue weighted by Crippen LogP contribution is -2.37. The van der Waals surface area contributed by atoms with Crippen molar-refractivity contribution in [3.8, 4) is 22.8 Å². The van der Waals surface area contributed by atoms with Crippen LogP contribution < -0.4 is 0 Å². The molecule has 10 heteroatoms. The molecule has 5 heterocycles. The molecule has 0 bridgehead atoms. The molecule has 1 amide bonds. The van der Waals surface area contributed by atoms with Gasteiger partial charge in [-0.3, -0.25) is 9.20 Å². The quantitative estimate of drug-likeness (QED) is 0.362. The molecule has 1 aromatic carbocycles. The number of rotatable bonds is 5. The Kier molecular flexibility index (Phi) is 5.48. The maximum Gasteiger partial charge on any atom is 0.273 e.